The highest BCUT2D eigenvalue weighted by atomic mass is 35.5. The van der Waals surface area contributed by atoms with E-state index in [4.69, 9.17) is 26.8 Å². The Morgan fingerprint density at radius 3 is 2.00 bits per heavy atom. The first-order valence-corrected chi connectivity index (χ1v) is 13.5. The lowest BCUT2D eigenvalue weighted by molar-refractivity contribution is -0.138. The lowest BCUT2D eigenvalue weighted by Gasteiger charge is -2.26. The minimum absolute atomic E-state index is 0.134. The van der Waals surface area contributed by atoms with Gasteiger partial charge in [-0.25, -0.2) is 0 Å². The smallest absolute Gasteiger partial charge is 0.416 e. The maximum absolute atomic E-state index is 13.9. The van der Waals surface area contributed by atoms with Gasteiger partial charge >= 0.3 is 12.4 Å². The number of carbonyl (C=O) groups is 2. The van der Waals surface area contributed by atoms with E-state index in [1.165, 1.54) is 18.2 Å². The van der Waals surface area contributed by atoms with Crippen molar-refractivity contribution in [1.29, 1.82) is 0 Å². The van der Waals surface area contributed by atoms with Crippen molar-refractivity contribution in [2.75, 3.05) is 44.4 Å². The summed E-state index contributed by atoms with van der Waals surface area (Å²) in [7, 11) is 0. The van der Waals surface area contributed by atoms with Gasteiger partial charge in [-0.2, -0.15) is 26.3 Å². The molecule has 0 spiro atoms. The van der Waals surface area contributed by atoms with E-state index in [1.807, 2.05) is 0 Å². The van der Waals surface area contributed by atoms with Gasteiger partial charge in [0, 0.05) is 41.6 Å². The molecular weight excluding hydrogens is 616 g/mol. The zero-order valence-electron chi connectivity index (χ0n) is 22.9. The zero-order chi connectivity index (χ0) is 32.1. The Balaban J connectivity index is 1.77. The molecule has 1 saturated heterocycles. The number of benzene rings is 3. The molecule has 7 nitrogen and oxygen atoms in total. The standard InChI is InChI=1S/C30H26ClF6N3O4/c31-22-7-8-26(44-14-11-39-9-12-43-13-10-39)19(15-22)16-25(27(38)41)28(42)40(23-5-1-3-20(17-23)29(32,33)34)24-6-2-4-21(18-24)30(35,36)37/h1-8,15-18H,9-14H2,(H2,38,41). The molecule has 2 N–H and O–H groups in total. The lowest BCUT2D eigenvalue weighted by Crippen LogP contribution is -2.38. The number of carbonyl (C=O) groups excluding carboxylic acids is 2. The number of ether oxygens (including phenoxy) is 2. The number of amides is 2. The molecular formula is C30H26ClF6N3O4. The summed E-state index contributed by atoms with van der Waals surface area (Å²) >= 11 is 6.16. The van der Waals surface area contributed by atoms with Gasteiger partial charge in [0.25, 0.3) is 11.8 Å². The van der Waals surface area contributed by atoms with Crippen LogP contribution in [0, 0.1) is 0 Å². The molecule has 0 radical (unpaired) electrons. The van der Waals surface area contributed by atoms with E-state index >= 15 is 0 Å². The van der Waals surface area contributed by atoms with Crippen molar-refractivity contribution in [3.05, 3.63) is 94.0 Å². The van der Waals surface area contributed by atoms with Gasteiger partial charge in [0.05, 0.1) is 24.3 Å². The molecule has 0 bridgehead atoms. The maximum Gasteiger partial charge on any atom is 0.416 e. The summed E-state index contributed by atoms with van der Waals surface area (Å²) in [5.41, 5.74) is 1.69. The van der Waals surface area contributed by atoms with Crippen LogP contribution in [0.15, 0.2) is 72.3 Å². The van der Waals surface area contributed by atoms with Crippen LogP contribution >= 0.6 is 11.6 Å². The average Bonchev–Trinajstić information content (AvgIpc) is 2.97. The van der Waals surface area contributed by atoms with Crippen LogP contribution in [-0.2, 0) is 26.7 Å². The number of rotatable bonds is 9. The summed E-state index contributed by atoms with van der Waals surface area (Å²) in [6.45, 7) is 3.31. The van der Waals surface area contributed by atoms with Crippen molar-refractivity contribution in [2.45, 2.75) is 12.4 Å². The number of hydrogen-bond donors (Lipinski definition) is 1. The molecule has 3 aromatic carbocycles. The van der Waals surface area contributed by atoms with Gasteiger partial charge in [-0.1, -0.05) is 23.7 Å². The van der Waals surface area contributed by atoms with Gasteiger partial charge < -0.3 is 15.2 Å². The van der Waals surface area contributed by atoms with Gasteiger partial charge in [0.2, 0.25) is 0 Å². The van der Waals surface area contributed by atoms with Gasteiger partial charge in [-0.15, -0.1) is 0 Å². The van der Waals surface area contributed by atoms with Crippen LogP contribution in [-0.4, -0.2) is 56.2 Å². The fraction of sp³-hybridized carbons (Fsp3) is 0.267. The van der Waals surface area contributed by atoms with Crippen LogP contribution < -0.4 is 15.4 Å². The predicted molar refractivity (Wildman–Crippen MR) is 151 cm³/mol. The normalized spacial score (nSPS) is 14.8. The highest BCUT2D eigenvalue weighted by Crippen LogP contribution is 2.37. The number of alkyl halides is 6. The lowest BCUT2D eigenvalue weighted by atomic mass is 10.1. The molecule has 0 saturated carbocycles. The third-order valence-corrected chi connectivity index (χ3v) is 6.84. The van der Waals surface area contributed by atoms with Gasteiger partial charge in [0.15, 0.2) is 0 Å². The minimum Gasteiger partial charge on any atom is -0.492 e. The summed E-state index contributed by atoms with van der Waals surface area (Å²) in [4.78, 5) is 29.2. The van der Waals surface area contributed by atoms with Crippen LogP contribution in [0.25, 0.3) is 6.08 Å². The fourth-order valence-electron chi connectivity index (χ4n) is 4.41. The van der Waals surface area contributed by atoms with E-state index in [2.05, 4.69) is 4.90 Å². The van der Waals surface area contributed by atoms with Crippen molar-refractivity contribution < 1.29 is 45.4 Å². The molecule has 4 rings (SSSR count). The molecule has 1 aliphatic heterocycles. The van der Waals surface area contributed by atoms with E-state index in [-0.39, 0.29) is 22.9 Å². The Kier molecular flexibility index (Phi) is 10.2. The summed E-state index contributed by atoms with van der Waals surface area (Å²) in [6, 6.07) is 11.1. The highest BCUT2D eigenvalue weighted by molar-refractivity contribution is 6.31. The van der Waals surface area contributed by atoms with E-state index in [0.29, 0.717) is 49.9 Å². The Morgan fingerprint density at radius 1 is 0.909 bits per heavy atom. The van der Waals surface area contributed by atoms with Gasteiger partial charge in [0.1, 0.15) is 17.9 Å². The second-order valence-electron chi connectivity index (χ2n) is 9.64. The van der Waals surface area contributed by atoms with E-state index < -0.39 is 52.2 Å². The largest absolute Gasteiger partial charge is 0.492 e. The Labute approximate surface area is 253 Å². The topological polar surface area (TPSA) is 85.1 Å². The second kappa shape index (κ2) is 13.7. The third kappa shape index (κ3) is 8.30. The average molecular weight is 642 g/mol. The number of morpholine rings is 1. The number of primary amides is 1. The number of hydrogen-bond acceptors (Lipinski definition) is 5. The van der Waals surface area contributed by atoms with Crippen LogP contribution in [0.2, 0.25) is 5.02 Å². The van der Waals surface area contributed by atoms with Crippen molar-refractivity contribution in [3.63, 3.8) is 0 Å². The molecule has 3 aromatic rings. The second-order valence-corrected chi connectivity index (χ2v) is 10.1. The molecule has 1 heterocycles. The summed E-state index contributed by atoms with van der Waals surface area (Å²) in [6.07, 6.45) is -8.64. The number of nitrogens with zero attached hydrogens (tertiary/aromatic N) is 2. The first-order chi connectivity index (χ1) is 20.7. The molecule has 2 amide bonds. The Hall–Kier alpha value is -4.07. The van der Waals surface area contributed by atoms with E-state index in [9.17, 15) is 35.9 Å². The quantitative estimate of drug-likeness (QED) is 0.128. The number of nitrogens with two attached hydrogens (primary N) is 1. The molecule has 44 heavy (non-hydrogen) atoms. The van der Waals surface area contributed by atoms with Crippen LogP contribution in [0.4, 0.5) is 37.7 Å². The predicted octanol–water partition coefficient (Wildman–Crippen LogP) is 6.32. The molecule has 1 fully saturated rings. The van der Waals surface area contributed by atoms with Gasteiger partial charge in [-0.3, -0.25) is 19.4 Å². The first kappa shape index (κ1) is 32.8. The van der Waals surface area contributed by atoms with Gasteiger partial charge in [-0.05, 0) is 60.7 Å². The van der Waals surface area contributed by atoms with Crippen LogP contribution in [0.5, 0.6) is 5.75 Å². The zero-order valence-corrected chi connectivity index (χ0v) is 23.7. The van der Waals surface area contributed by atoms with Crippen LogP contribution in [0.1, 0.15) is 16.7 Å². The third-order valence-electron chi connectivity index (χ3n) is 6.60. The summed E-state index contributed by atoms with van der Waals surface area (Å²) in [5.74, 6) is -2.37. The van der Waals surface area contributed by atoms with Crippen molar-refractivity contribution >= 4 is 40.9 Å². The molecule has 1 aliphatic rings. The first-order valence-electron chi connectivity index (χ1n) is 13.2. The monoisotopic (exact) mass is 641 g/mol. The number of halogens is 7. The Bertz CT molecular complexity index is 1480. The van der Waals surface area contributed by atoms with Crippen molar-refractivity contribution in [3.8, 4) is 5.75 Å². The highest BCUT2D eigenvalue weighted by Gasteiger charge is 2.34. The van der Waals surface area contributed by atoms with Crippen LogP contribution in [0.3, 0.4) is 0 Å². The summed E-state index contributed by atoms with van der Waals surface area (Å²) in [5, 5.41) is 0.195. The van der Waals surface area contributed by atoms with Crippen molar-refractivity contribution in [2.24, 2.45) is 5.73 Å². The molecule has 234 valence electrons. The van der Waals surface area contributed by atoms with E-state index in [0.717, 1.165) is 42.5 Å². The Morgan fingerprint density at radius 2 is 1.48 bits per heavy atom. The SMILES string of the molecule is NC(=O)C(=Cc1cc(Cl)ccc1OCCN1CCOCC1)C(=O)N(c1cccc(C(F)(F)F)c1)c1cccc(C(F)(F)F)c1. The minimum atomic E-state index is -4.84. The molecule has 0 aromatic heterocycles. The maximum atomic E-state index is 13.9. The van der Waals surface area contributed by atoms with Crippen molar-refractivity contribution in [1.82, 2.24) is 4.90 Å². The fourth-order valence-corrected chi connectivity index (χ4v) is 4.59. The van der Waals surface area contributed by atoms with E-state index in [1.54, 1.807) is 0 Å². The number of anilines is 2. The molecule has 0 unspecified atom stereocenters. The molecule has 0 atom stereocenters. The molecule has 14 heteroatoms. The molecule has 0 aliphatic carbocycles. The summed E-state index contributed by atoms with van der Waals surface area (Å²) < 4.78 is 92.6.